The summed E-state index contributed by atoms with van der Waals surface area (Å²) in [4.78, 5) is 46.9. The van der Waals surface area contributed by atoms with Crippen molar-refractivity contribution in [3.8, 4) is 28.7 Å². The van der Waals surface area contributed by atoms with Crippen LogP contribution in [0.4, 0.5) is 15.3 Å². The average molecular weight is 947 g/mol. The van der Waals surface area contributed by atoms with Crippen LogP contribution >= 0.6 is 0 Å². The van der Waals surface area contributed by atoms with E-state index in [0.29, 0.717) is 66.5 Å². The Morgan fingerprint density at radius 3 is 2.39 bits per heavy atom. The zero-order valence-electron chi connectivity index (χ0n) is 38.5. The lowest BCUT2D eigenvalue weighted by Crippen LogP contribution is -2.70. The molecule has 0 saturated heterocycles. The van der Waals surface area contributed by atoms with Crippen LogP contribution in [0.5, 0.6) is 28.7 Å². The smallest absolute Gasteiger partial charge is 0.416 e. The summed E-state index contributed by atoms with van der Waals surface area (Å²) in [5.41, 5.74) is 3.48. The first kappa shape index (κ1) is 48.5. The molecule has 4 aliphatic rings. The minimum Gasteiger partial charge on any atom is -0.459 e. The number of nitrogens with one attached hydrogen (secondary N) is 1. The van der Waals surface area contributed by atoms with Gasteiger partial charge in [0.05, 0.1) is 23.2 Å². The molecule has 6 atom stereocenters. The molecule has 8 rings (SSSR count). The monoisotopic (exact) mass is 946 g/mol. The Bertz CT molecular complexity index is 2520. The number of hydrogen-bond donors (Lipinski definition) is 3. The number of unbranched alkanes of at least 4 members (excludes halogenated alkanes) is 2. The lowest BCUT2D eigenvalue weighted by Gasteiger charge is -2.59. The van der Waals surface area contributed by atoms with Crippen LogP contribution in [-0.4, -0.2) is 82.9 Å². The summed E-state index contributed by atoms with van der Waals surface area (Å²) in [7, 11) is 0. The van der Waals surface area contributed by atoms with Crippen molar-refractivity contribution >= 4 is 23.6 Å². The maximum atomic E-state index is 15.2. The lowest BCUT2D eigenvalue weighted by atomic mass is 9.55. The van der Waals surface area contributed by atoms with E-state index >= 15 is 4.79 Å². The van der Waals surface area contributed by atoms with E-state index in [1.165, 1.54) is 29.2 Å². The third-order valence-electron chi connectivity index (χ3n) is 13.1. The number of aliphatic hydroxyl groups excluding tert-OH is 2. The number of fused-ring (bicyclic) bond motifs is 3. The van der Waals surface area contributed by atoms with E-state index < -0.39 is 40.8 Å². The van der Waals surface area contributed by atoms with Crippen molar-refractivity contribution in [2.24, 2.45) is 22.9 Å². The SMILES string of the molecule is C=CCOC12Oc3ccc(OC(=O)NCC)cc3C3C(CCCCO)C(CCCCO)C=C(C(=NOCc4ccccc4)CC1N(Cc1ccc4c(c1)OCO4)C(=O)Oc1ccc([N+](=O)[O-])cc1)C32. The van der Waals surface area contributed by atoms with Crippen LogP contribution in [-0.2, 0) is 22.7 Å². The van der Waals surface area contributed by atoms with Gasteiger partial charge in [0, 0.05) is 56.3 Å². The summed E-state index contributed by atoms with van der Waals surface area (Å²) in [5, 5.41) is 39.2. The van der Waals surface area contributed by atoms with Gasteiger partial charge in [0.2, 0.25) is 12.6 Å². The van der Waals surface area contributed by atoms with Crippen molar-refractivity contribution in [3.63, 3.8) is 0 Å². The summed E-state index contributed by atoms with van der Waals surface area (Å²) < 4.78 is 37.8. The molecule has 364 valence electrons. The van der Waals surface area contributed by atoms with Crippen LogP contribution in [0.25, 0.3) is 0 Å². The molecular formula is C52H58N4O13. The minimum atomic E-state index is -1.67. The highest BCUT2D eigenvalue weighted by Gasteiger charge is 2.66. The third kappa shape index (κ3) is 10.9. The number of carbonyl (C=O) groups is 2. The summed E-state index contributed by atoms with van der Waals surface area (Å²) in [6.07, 6.45) is 6.48. The van der Waals surface area contributed by atoms with E-state index in [2.05, 4.69) is 18.0 Å². The largest absolute Gasteiger partial charge is 0.459 e. The van der Waals surface area contributed by atoms with Gasteiger partial charge < -0.3 is 48.8 Å². The molecule has 2 aliphatic heterocycles. The summed E-state index contributed by atoms with van der Waals surface area (Å²) in [6, 6.07) is 24.5. The molecule has 0 radical (unpaired) electrons. The highest BCUT2D eigenvalue weighted by Crippen LogP contribution is 2.62. The van der Waals surface area contributed by atoms with Crippen LogP contribution in [0, 0.1) is 27.9 Å². The number of ether oxygens (including phenoxy) is 6. The molecule has 1 saturated carbocycles. The summed E-state index contributed by atoms with van der Waals surface area (Å²) in [6.45, 7) is 6.37. The van der Waals surface area contributed by atoms with Crippen molar-refractivity contribution in [2.45, 2.75) is 82.8 Å². The van der Waals surface area contributed by atoms with Crippen LogP contribution in [0.3, 0.4) is 0 Å². The number of hydrogen-bond acceptors (Lipinski definition) is 14. The number of benzene rings is 4. The molecule has 4 aromatic rings. The second-order valence-corrected chi connectivity index (χ2v) is 17.4. The number of nitro groups is 1. The van der Waals surface area contributed by atoms with E-state index in [1.807, 2.05) is 42.5 Å². The van der Waals surface area contributed by atoms with Crippen LogP contribution in [0.15, 0.2) is 120 Å². The maximum Gasteiger partial charge on any atom is 0.416 e. The number of allylic oxidation sites excluding steroid dienone is 1. The third-order valence-corrected chi connectivity index (χ3v) is 13.1. The van der Waals surface area contributed by atoms with Crippen LogP contribution < -0.4 is 29.0 Å². The van der Waals surface area contributed by atoms with Crippen molar-refractivity contribution in [1.82, 2.24) is 10.2 Å². The predicted octanol–water partition coefficient (Wildman–Crippen LogP) is 8.97. The molecule has 0 bridgehead atoms. The second kappa shape index (κ2) is 22.4. The molecular weight excluding hydrogens is 889 g/mol. The van der Waals surface area contributed by atoms with Crippen molar-refractivity contribution < 1.29 is 58.0 Å². The molecule has 6 unspecified atom stereocenters. The first-order valence-electron chi connectivity index (χ1n) is 23.5. The Morgan fingerprint density at radius 1 is 0.913 bits per heavy atom. The van der Waals surface area contributed by atoms with Gasteiger partial charge in [-0.15, -0.1) is 6.58 Å². The molecule has 1 fully saturated rings. The Labute approximate surface area is 400 Å². The van der Waals surface area contributed by atoms with Gasteiger partial charge in [0.1, 0.15) is 29.9 Å². The number of nitrogens with zero attached hydrogens (tertiary/aromatic N) is 3. The number of rotatable bonds is 21. The number of oxime groups is 1. The number of nitro benzene ring substituents is 1. The van der Waals surface area contributed by atoms with Gasteiger partial charge in [-0.05, 0) is 104 Å². The topological polar surface area (TPSA) is 210 Å². The highest BCUT2D eigenvalue weighted by atomic mass is 16.7. The van der Waals surface area contributed by atoms with E-state index in [-0.39, 0.29) is 69.5 Å². The van der Waals surface area contributed by atoms with Crippen molar-refractivity contribution in [3.05, 3.63) is 142 Å². The molecule has 69 heavy (non-hydrogen) atoms. The Hall–Kier alpha value is -6.95. The Kier molecular flexibility index (Phi) is 15.8. The van der Waals surface area contributed by atoms with E-state index in [9.17, 15) is 25.1 Å². The van der Waals surface area contributed by atoms with E-state index in [4.69, 9.17) is 38.4 Å². The first-order valence-corrected chi connectivity index (χ1v) is 23.5. The van der Waals surface area contributed by atoms with Crippen LogP contribution in [0.1, 0.15) is 74.5 Å². The molecule has 4 aromatic carbocycles. The molecule has 17 heteroatoms. The van der Waals surface area contributed by atoms with Crippen molar-refractivity contribution in [2.75, 3.05) is 33.2 Å². The molecule has 17 nitrogen and oxygen atoms in total. The minimum absolute atomic E-state index is 0.00206. The van der Waals surface area contributed by atoms with E-state index in [1.54, 1.807) is 37.3 Å². The van der Waals surface area contributed by atoms with E-state index in [0.717, 1.165) is 29.5 Å². The molecule has 2 heterocycles. The van der Waals surface area contributed by atoms with Crippen LogP contribution in [0.2, 0.25) is 0 Å². The average Bonchev–Trinajstić information content (AvgIpc) is 3.83. The standard InChI is InChI=1S/C52H58N4O13/c1-3-26-65-52-47(55(31-35-16-22-45-46(27-35)64-33-63-45)51(60)68-38-19-17-37(18-20-38)56(61)62)30-43(54-66-32-34-12-6-5-7-13-34)41-28-36(14-8-10-24-57)40(15-9-11-25-58)48(49(41)52)42-29-39(21-23-44(42)69-52)67-50(59)53-4-2/h3,5-7,12-13,16-23,27-29,36,40,47-49,57-58H,1,4,8-11,14-15,24-26,30-33H2,2H3,(H,53,59). The lowest BCUT2D eigenvalue weighted by molar-refractivity contribution is -0.384. The summed E-state index contributed by atoms with van der Waals surface area (Å²) in [5.74, 6) is -1.10. The second-order valence-electron chi connectivity index (χ2n) is 17.4. The quantitative estimate of drug-likeness (QED) is 0.0309. The molecule has 2 aliphatic carbocycles. The Balaban J connectivity index is 1.34. The molecule has 3 N–H and O–H groups in total. The van der Waals surface area contributed by atoms with Gasteiger partial charge in [0.15, 0.2) is 11.5 Å². The fourth-order valence-electron chi connectivity index (χ4n) is 10.1. The number of non-ortho nitro benzene ring substituents is 1. The highest BCUT2D eigenvalue weighted by molar-refractivity contribution is 6.03. The van der Waals surface area contributed by atoms with Gasteiger partial charge in [0.25, 0.3) is 5.69 Å². The maximum absolute atomic E-state index is 15.2. The molecule has 0 spiro atoms. The number of carbonyl (C=O) groups excluding carboxylic acids is 2. The number of amides is 2. The van der Waals surface area contributed by atoms with Crippen molar-refractivity contribution in [1.29, 1.82) is 0 Å². The molecule has 2 amide bonds. The van der Waals surface area contributed by atoms with Gasteiger partial charge in [-0.2, -0.15) is 0 Å². The van der Waals surface area contributed by atoms with Gasteiger partial charge in [-0.1, -0.05) is 66.5 Å². The Morgan fingerprint density at radius 2 is 1.65 bits per heavy atom. The zero-order chi connectivity index (χ0) is 48.3. The van der Waals surface area contributed by atoms with Gasteiger partial charge >= 0.3 is 12.2 Å². The predicted molar refractivity (Wildman–Crippen MR) is 253 cm³/mol. The fourth-order valence-corrected chi connectivity index (χ4v) is 10.1. The zero-order valence-corrected chi connectivity index (χ0v) is 38.5. The van der Waals surface area contributed by atoms with Gasteiger partial charge in [-0.3, -0.25) is 15.0 Å². The normalized spacial score (nSPS) is 22.3. The first-order chi connectivity index (χ1) is 33.7. The summed E-state index contributed by atoms with van der Waals surface area (Å²) >= 11 is 0. The fraction of sp³-hybridized carbons (Fsp3) is 0.404. The number of aliphatic hydroxyl groups is 2. The molecule has 0 aromatic heterocycles. The van der Waals surface area contributed by atoms with Gasteiger partial charge in [-0.25, -0.2) is 9.59 Å².